The number of nitrogens with two attached hydrogens (primary N) is 1. The van der Waals surface area contributed by atoms with E-state index in [1.165, 1.54) is 6.07 Å². The molecule has 1 aromatic carbocycles. The van der Waals surface area contributed by atoms with Crippen molar-refractivity contribution in [3.63, 3.8) is 0 Å². The van der Waals surface area contributed by atoms with Crippen molar-refractivity contribution in [1.29, 1.82) is 0 Å². The zero-order valence-corrected chi connectivity index (χ0v) is 11.3. The van der Waals surface area contributed by atoms with Gasteiger partial charge in [0, 0.05) is 17.8 Å². The van der Waals surface area contributed by atoms with Crippen LogP contribution in [0.15, 0.2) is 18.2 Å². The molecule has 0 aliphatic rings. The van der Waals surface area contributed by atoms with Gasteiger partial charge in [0.15, 0.2) is 0 Å². The van der Waals surface area contributed by atoms with Crippen molar-refractivity contribution in [2.75, 3.05) is 31.7 Å². The van der Waals surface area contributed by atoms with E-state index in [9.17, 15) is 4.79 Å². The van der Waals surface area contributed by atoms with E-state index in [2.05, 4.69) is 24.1 Å². The van der Waals surface area contributed by atoms with Crippen LogP contribution in [0.2, 0.25) is 0 Å². The Balaban J connectivity index is 2.90. The first-order valence-corrected chi connectivity index (χ1v) is 5.78. The zero-order chi connectivity index (χ0) is 13.9. The first kappa shape index (κ1) is 14.3. The van der Waals surface area contributed by atoms with Gasteiger partial charge in [0.05, 0.1) is 11.3 Å². The topological polar surface area (TPSA) is 78.6 Å². The number of rotatable bonds is 5. The fourth-order valence-corrected chi connectivity index (χ4v) is 1.36. The van der Waals surface area contributed by atoms with Crippen LogP contribution in [0, 0.1) is 0 Å². The summed E-state index contributed by atoms with van der Waals surface area (Å²) in [7, 11) is 3.97. The molecule has 1 aromatic rings. The number of hydrogen-bond donors (Lipinski definition) is 3. The van der Waals surface area contributed by atoms with Crippen LogP contribution in [0.1, 0.15) is 24.2 Å². The lowest BCUT2D eigenvalue weighted by molar-refractivity contribution is 0.0698. The molecule has 5 nitrogen and oxygen atoms in total. The van der Waals surface area contributed by atoms with Gasteiger partial charge in [0.25, 0.3) is 0 Å². The Morgan fingerprint density at radius 2 is 2.06 bits per heavy atom. The minimum atomic E-state index is -0.958. The number of anilines is 2. The van der Waals surface area contributed by atoms with Gasteiger partial charge >= 0.3 is 5.97 Å². The third-order valence-corrected chi connectivity index (χ3v) is 3.20. The van der Waals surface area contributed by atoms with Gasteiger partial charge < -0.3 is 21.1 Å². The summed E-state index contributed by atoms with van der Waals surface area (Å²) in [5.41, 5.74) is 6.94. The quantitative estimate of drug-likeness (QED) is 0.694. The SMILES string of the molecule is CN(C)C(C)(C)CNc1cc(N)ccc1C(=O)O. The average molecular weight is 251 g/mol. The Morgan fingerprint density at radius 1 is 1.44 bits per heavy atom. The van der Waals surface area contributed by atoms with E-state index in [4.69, 9.17) is 10.8 Å². The molecule has 18 heavy (non-hydrogen) atoms. The van der Waals surface area contributed by atoms with Crippen molar-refractivity contribution in [3.05, 3.63) is 23.8 Å². The van der Waals surface area contributed by atoms with Crippen molar-refractivity contribution in [2.45, 2.75) is 19.4 Å². The fraction of sp³-hybridized carbons (Fsp3) is 0.462. The summed E-state index contributed by atoms with van der Waals surface area (Å²) < 4.78 is 0. The Bertz CT molecular complexity index is 442. The van der Waals surface area contributed by atoms with E-state index in [0.29, 0.717) is 17.9 Å². The molecule has 0 saturated heterocycles. The van der Waals surface area contributed by atoms with Gasteiger partial charge in [-0.05, 0) is 46.1 Å². The molecule has 5 heteroatoms. The number of hydrogen-bond acceptors (Lipinski definition) is 4. The monoisotopic (exact) mass is 251 g/mol. The summed E-state index contributed by atoms with van der Waals surface area (Å²) in [6.45, 7) is 4.78. The second-order valence-electron chi connectivity index (χ2n) is 5.17. The van der Waals surface area contributed by atoms with Crippen LogP contribution in [0.5, 0.6) is 0 Å². The number of aromatic carboxylic acids is 1. The molecular weight excluding hydrogens is 230 g/mol. The van der Waals surface area contributed by atoms with Crippen LogP contribution >= 0.6 is 0 Å². The first-order valence-electron chi connectivity index (χ1n) is 5.78. The van der Waals surface area contributed by atoms with Crippen LogP contribution in [0.3, 0.4) is 0 Å². The Kier molecular flexibility index (Phi) is 4.19. The Morgan fingerprint density at radius 3 is 2.56 bits per heavy atom. The molecule has 0 unspecified atom stereocenters. The van der Waals surface area contributed by atoms with Crippen LogP contribution < -0.4 is 11.1 Å². The lowest BCUT2D eigenvalue weighted by Crippen LogP contribution is -2.44. The van der Waals surface area contributed by atoms with E-state index in [1.807, 2.05) is 14.1 Å². The third-order valence-electron chi connectivity index (χ3n) is 3.20. The highest BCUT2D eigenvalue weighted by atomic mass is 16.4. The minimum Gasteiger partial charge on any atom is -0.478 e. The molecule has 0 spiro atoms. The van der Waals surface area contributed by atoms with E-state index in [0.717, 1.165) is 0 Å². The third kappa shape index (κ3) is 3.37. The normalized spacial score (nSPS) is 11.6. The number of benzene rings is 1. The molecule has 0 aliphatic carbocycles. The number of nitrogen functional groups attached to an aromatic ring is 1. The molecule has 100 valence electrons. The molecule has 0 saturated carbocycles. The van der Waals surface area contributed by atoms with E-state index < -0.39 is 5.97 Å². The molecule has 0 heterocycles. The fourth-order valence-electron chi connectivity index (χ4n) is 1.36. The van der Waals surface area contributed by atoms with Crippen molar-refractivity contribution < 1.29 is 9.90 Å². The second kappa shape index (κ2) is 5.27. The standard InChI is InChI=1S/C13H21N3O2/c1-13(2,16(3)4)8-15-11-7-9(14)5-6-10(11)12(17)18/h5-7,15H,8,14H2,1-4H3,(H,17,18). The molecule has 0 aliphatic heterocycles. The Labute approximate surface area is 108 Å². The van der Waals surface area contributed by atoms with Crippen molar-refractivity contribution in [3.8, 4) is 0 Å². The highest BCUT2D eigenvalue weighted by Gasteiger charge is 2.21. The van der Waals surface area contributed by atoms with Gasteiger partial charge in [-0.2, -0.15) is 0 Å². The number of carboxylic acid groups (broad SMARTS) is 1. The predicted molar refractivity (Wildman–Crippen MR) is 74.1 cm³/mol. The van der Waals surface area contributed by atoms with Crippen LogP contribution in [0.4, 0.5) is 11.4 Å². The lowest BCUT2D eigenvalue weighted by Gasteiger charge is -2.33. The number of nitrogens with one attached hydrogen (secondary N) is 1. The van der Waals surface area contributed by atoms with Gasteiger partial charge in [-0.15, -0.1) is 0 Å². The molecule has 4 N–H and O–H groups in total. The minimum absolute atomic E-state index is 0.0830. The van der Waals surface area contributed by atoms with Crippen LogP contribution in [0.25, 0.3) is 0 Å². The van der Waals surface area contributed by atoms with E-state index >= 15 is 0 Å². The van der Waals surface area contributed by atoms with Gasteiger partial charge in [0.2, 0.25) is 0 Å². The highest BCUT2D eigenvalue weighted by Crippen LogP contribution is 2.21. The molecule has 0 amide bonds. The molecule has 1 rings (SSSR count). The van der Waals surface area contributed by atoms with Crippen molar-refractivity contribution >= 4 is 17.3 Å². The second-order valence-corrected chi connectivity index (χ2v) is 5.17. The van der Waals surface area contributed by atoms with Crippen molar-refractivity contribution in [1.82, 2.24) is 4.90 Å². The maximum atomic E-state index is 11.1. The number of nitrogens with zero attached hydrogens (tertiary/aromatic N) is 1. The van der Waals surface area contributed by atoms with Gasteiger partial charge in [-0.25, -0.2) is 4.79 Å². The molecule has 0 bridgehead atoms. The summed E-state index contributed by atoms with van der Waals surface area (Å²) in [4.78, 5) is 13.2. The summed E-state index contributed by atoms with van der Waals surface area (Å²) in [6.07, 6.45) is 0. The zero-order valence-electron chi connectivity index (χ0n) is 11.3. The average Bonchev–Trinajstić information content (AvgIpc) is 2.26. The molecular formula is C13H21N3O2. The first-order chi connectivity index (χ1) is 8.24. The maximum Gasteiger partial charge on any atom is 0.337 e. The largest absolute Gasteiger partial charge is 0.478 e. The van der Waals surface area contributed by atoms with Crippen molar-refractivity contribution in [2.24, 2.45) is 0 Å². The number of carboxylic acids is 1. The summed E-state index contributed by atoms with van der Waals surface area (Å²) >= 11 is 0. The van der Waals surface area contributed by atoms with E-state index in [1.54, 1.807) is 12.1 Å². The van der Waals surface area contributed by atoms with Gasteiger partial charge in [-0.3, -0.25) is 0 Å². The smallest absolute Gasteiger partial charge is 0.337 e. The highest BCUT2D eigenvalue weighted by molar-refractivity contribution is 5.95. The van der Waals surface area contributed by atoms with Gasteiger partial charge in [0.1, 0.15) is 0 Å². The summed E-state index contributed by atoms with van der Waals surface area (Å²) in [5, 5.41) is 12.3. The number of likely N-dealkylation sites (N-methyl/N-ethyl adjacent to an activating group) is 1. The molecule has 0 atom stereocenters. The van der Waals surface area contributed by atoms with Crippen LogP contribution in [-0.4, -0.2) is 42.2 Å². The van der Waals surface area contributed by atoms with Crippen LogP contribution in [-0.2, 0) is 0 Å². The van der Waals surface area contributed by atoms with Gasteiger partial charge in [-0.1, -0.05) is 0 Å². The summed E-state index contributed by atoms with van der Waals surface area (Å²) in [5.74, 6) is -0.958. The molecule has 0 fully saturated rings. The predicted octanol–water partition coefficient (Wildman–Crippen LogP) is 1.72. The number of carbonyl (C=O) groups is 1. The molecule has 0 radical (unpaired) electrons. The lowest BCUT2D eigenvalue weighted by atomic mass is 10.0. The maximum absolute atomic E-state index is 11.1. The summed E-state index contributed by atoms with van der Waals surface area (Å²) in [6, 6.07) is 4.75. The molecule has 0 aromatic heterocycles. The Hall–Kier alpha value is -1.75. The van der Waals surface area contributed by atoms with E-state index in [-0.39, 0.29) is 11.1 Å².